The third-order valence-electron chi connectivity index (χ3n) is 4.15. The Morgan fingerprint density at radius 1 is 1.04 bits per heavy atom. The minimum Gasteiger partial charge on any atom is -0.493 e. The number of benzene rings is 1. The second kappa shape index (κ2) is 9.11. The summed E-state index contributed by atoms with van der Waals surface area (Å²) >= 11 is 0. The SMILES string of the molecule is COc1cc(CNCCN2C[C@@H](C)O[C@H](C)C2)cc(OC)c1OC. The highest BCUT2D eigenvalue weighted by molar-refractivity contribution is 5.53. The number of hydrogen-bond acceptors (Lipinski definition) is 6. The van der Waals surface area contributed by atoms with Crippen molar-refractivity contribution in [2.45, 2.75) is 32.6 Å². The predicted molar refractivity (Wildman–Crippen MR) is 94.3 cm³/mol. The third kappa shape index (κ3) is 5.00. The Morgan fingerprint density at radius 2 is 1.62 bits per heavy atom. The molecule has 1 N–H and O–H groups in total. The summed E-state index contributed by atoms with van der Waals surface area (Å²) in [5, 5.41) is 3.48. The maximum atomic E-state index is 5.76. The molecule has 2 atom stereocenters. The summed E-state index contributed by atoms with van der Waals surface area (Å²) < 4.78 is 21.9. The number of rotatable bonds is 8. The molecule has 1 aromatic carbocycles. The normalized spacial score (nSPS) is 21.5. The monoisotopic (exact) mass is 338 g/mol. The van der Waals surface area contributed by atoms with E-state index in [0.717, 1.165) is 38.3 Å². The highest BCUT2D eigenvalue weighted by Crippen LogP contribution is 2.38. The van der Waals surface area contributed by atoms with Gasteiger partial charge in [-0.1, -0.05) is 0 Å². The molecule has 1 aliphatic heterocycles. The smallest absolute Gasteiger partial charge is 0.203 e. The van der Waals surface area contributed by atoms with E-state index >= 15 is 0 Å². The Bertz CT molecular complexity index is 489. The average molecular weight is 338 g/mol. The summed E-state index contributed by atoms with van der Waals surface area (Å²) in [6.07, 6.45) is 0.618. The minimum absolute atomic E-state index is 0.309. The van der Waals surface area contributed by atoms with E-state index < -0.39 is 0 Å². The number of hydrogen-bond donors (Lipinski definition) is 1. The van der Waals surface area contributed by atoms with Crippen molar-refractivity contribution in [1.82, 2.24) is 10.2 Å². The highest BCUT2D eigenvalue weighted by Gasteiger charge is 2.21. The zero-order valence-corrected chi connectivity index (χ0v) is 15.4. The van der Waals surface area contributed by atoms with Gasteiger partial charge in [-0.15, -0.1) is 0 Å². The van der Waals surface area contributed by atoms with Crippen LogP contribution in [-0.2, 0) is 11.3 Å². The lowest BCUT2D eigenvalue weighted by Crippen LogP contribution is -2.47. The van der Waals surface area contributed by atoms with Gasteiger partial charge in [0, 0.05) is 32.7 Å². The second-order valence-corrected chi connectivity index (χ2v) is 6.23. The minimum atomic E-state index is 0.309. The lowest BCUT2D eigenvalue weighted by molar-refractivity contribution is -0.0674. The molecule has 2 rings (SSSR count). The first kappa shape index (κ1) is 18.8. The summed E-state index contributed by atoms with van der Waals surface area (Å²) in [6, 6.07) is 3.96. The number of ether oxygens (including phenoxy) is 4. The fourth-order valence-corrected chi connectivity index (χ4v) is 3.17. The molecule has 6 nitrogen and oxygen atoms in total. The maximum absolute atomic E-state index is 5.76. The summed E-state index contributed by atoms with van der Waals surface area (Å²) in [5.74, 6) is 1.99. The van der Waals surface area contributed by atoms with E-state index in [4.69, 9.17) is 18.9 Å². The van der Waals surface area contributed by atoms with Crippen molar-refractivity contribution in [3.8, 4) is 17.2 Å². The molecule has 1 aromatic rings. The van der Waals surface area contributed by atoms with Crippen LogP contribution in [0.15, 0.2) is 12.1 Å². The van der Waals surface area contributed by atoms with Crippen LogP contribution in [-0.4, -0.2) is 64.6 Å². The summed E-state index contributed by atoms with van der Waals surface area (Å²) in [4.78, 5) is 2.45. The van der Waals surface area contributed by atoms with Gasteiger partial charge in [0.05, 0.1) is 33.5 Å². The lowest BCUT2D eigenvalue weighted by Gasteiger charge is -2.35. The fraction of sp³-hybridized carbons (Fsp3) is 0.667. The second-order valence-electron chi connectivity index (χ2n) is 6.23. The van der Waals surface area contributed by atoms with Crippen molar-refractivity contribution in [3.05, 3.63) is 17.7 Å². The van der Waals surface area contributed by atoms with Gasteiger partial charge in [-0.2, -0.15) is 0 Å². The van der Waals surface area contributed by atoms with Gasteiger partial charge < -0.3 is 24.3 Å². The van der Waals surface area contributed by atoms with Crippen LogP contribution in [0.3, 0.4) is 0 Å². The van der Waals surface area contributed by atoms with Crippen molar-refractivity contribution < 1.29 is 18.9 Å². The molecule has 0 aromatic heterocycles. The molecule has 24 heavy (non-hydrogen) atoms. The molecule has 0 aliphatic carbocycles. The number of nitrogens with one attached hydrogen (secondary N) is 1. The quantitative estimate of drug-likeness (QED) is 0.731. The molecule has 0 unspecified atom stereocenters. The molecule has 0 radical (unpaired) electrons. The molecule has 1 saturated heterocycles. The van der Waals surface area contributed by atoms with Crippen LogP contribution in [0, 0.1) is 0 Å². The van der Waals surface area contributed by atoms with Gasteiger partial charge in [-0.25, -0.2) is 0 Å². The Labute approximate surface area is 145 Å². The molecule has 1 aliphatic rings. The largest absolute Gasteiger partial charge is 0.493 e. The standard InChI is InChI=1S/C18H30N2O4/c1-13-11-20(12-14(2)24-13)7-6-19-10-15-8-16(21-3)18(23-5)17(9-15)22-4/h8-9,13-14,19H,6-7,10-12H2,1-5H3/t13-,14-/m1/s1. The van der Waals surface area contributed by atoms with Crippen LogP contribution in [0.4, 0.5) is 0 Å². The van der Waals surface area contributed by atoms with Crippen LogP contribution < -0.4 is 19.5 Å². The number of nitrogens with zero attached hydrogens (tertiary/aromatic N) is 1. The van der Waals surface area contributed by atoms with Gasteiger partial charge >= 0.3 is 0 Å². The van der Waals surface area contributed by atoms with Crippen molar-refractivity contribution in [1.29, 1.82) is 0 Å². The topological polar surface area (TPSA) is 52.2 Å². The van der Waals surface area contributed by atoms with Crippen molar-refractivity contribution >= 4 is 0 Å². The Balaban J connectivity index is 1.86. The zero-order valence-electron chi connectivity index (χ0n) is 15.4. The van der Waals surface area contributed by atoms with E-state index in [9.17, 15) is 0 Å². The maximum Gasteiger partial charge on any atom is 0.203 e. The Morgan fingerprint density at radius 3 is 2.12 bits per heavy atom. The van der Waals surface area contributed by atoms with Crippen LogP contribution in [0.1, 0.15) is 19.4 Å². The van der Waals surface area contributed by atoms with Crippen LogP contribution in [0.5, 0.6) is 17.2 Å². The number of methoxy groups -OCH3 is 3. The van der Waals surface area contributed by atoms with Crippen molar-refractivity contribution in [2.24, 2.45) is 0 Å². The van der Waals surface area contributed by atoms with E-state index in [0.29, 0.717) is 29.5 Å². The van der Waals surface area contributed by atoms with Crippen LogP contribution in [0.2, 0.25) is 0 Å². The zero-order chi connectivity index (χ0) is 17.5. The molecule has 136 valence electrons. The highest BCUT2D eigenvalue weighted by atomic mass is 16.5. The first-order valence-corrected chi connectivity index (χ1v) is 8.44. The van der Waals surface area contributed by atoms with Crippen LogP contribution in [0.25, 0.3) is 0 Å². The van der Waals surface area contributed by atoms with E-state index in [-0.39, 0.29) is 0 Å². The first-order chi connectivity index (χ1) is 11.6. The van der Waals surface area contributed by atoms with Gasteiger partial charge in [0.15, 0.2) is 11.5 Å². The van der Waals surface area contributed by atoms with Crippen molar-refractivity contribution in [2.75, 3.05) is 47.5 Å². The average Bonchev–Trinajstić information content (AvgIpc) is 2.56. The summed E-state index contributed by atoms with van der Waals surface area (Å²) in [6.45, 7) is 8.95. The van der Waals surface area contributed by atoms with E-state index in [1.165, 1.54) is 0 Å². The fourth-order valence-electron chi connectivity index (χ4n) is 3.17. The lowest BCUT2D eigenvalue weighted by atomic mass is 10.1. The molecule has 1 heterocycles. The summed E-state index contributed by atoms with van der Waals surface area (Å²) in [5.41, 5.74) is 1.10. The molecule has 0 spiro atoms. The van der Waals surface area contributed by atoms with E-state index in [2.05, 4.69) is 24.1 Å². The van der Waals surface area contributed by atoms with Gasteiger partial charge in [-0.3, -0.25) is 4.90 Å². The molecule has 1 fully saturated rings. The first-order valence-electron chi connectivity index (χ1n) is 8.44. The van der Waals surface area contributed by atoms with Gasteiger partial charge in [-0.05, 0) is 31.5 Å². The Hall–Kier alpha value is -1.50. The predicted octanol–water partition coefficient (Wildman–Crippen LogP) is 1.91. The Kier molecular flexibility index (Phi) is 7.15. The molecule has 0 saturated carbocycles. The molecular weight excluding hydrogens is 308 g/mol. The van der Waals surface area contributed by atoms with E-state index in [1.54, 1.807) is 21.3 Å². The van der Waals surface area contributed by atoms with Gasteiger partial charge in [0.25, 0.3) is 0 Å². The third-order valence-corrected chi connectivity index (χ3v) is 4.15. The molecular formula is C18H30N2O4. The number of morpholine rings is 1. The van der Waals surface area contributed by atoms with Gasteiger partial charge in [0.2, 0.25) is 5.75 Å². The molecule has 0 amide bonds. The van der Waals surface area contributed by atoms with Gasteiger partial charge in [0.1, 0.15) is 0 Å². The van der Waals surface area contributed by atoms with E-state index in [1.807, 2.05) is 12.1 Å². The van der Waals surface area contributed by atoms with Crippen molar-refractivity contribution in [3.63, 3.8) is 0 Å². The molecule has 0 bridgehead atoms. The van der Waals surface area contributed by atoms with Crippen LogP contribution >= 0.6 is 0 Å². The summed E-state index contributed by atoms with van der Waals surface area (Å²) in [7, 11) is 4.88. The molecule has 6 heteroatoms.